The van der Waals surface area contributed by atoms with Crippen molar-refractivity contribution in [3.05, 3.63) is 47.2 Å². The predicted molar refractivity (Wildman–Crippen MR) is 137 cm³/mol. The highest BCUT2D eigenvalue weighted by Gasteiger charge is 2.28. The quantitative estimate of drug-likeness (QED) is 0.500. The van der Waals surface area contributed by atoms with Gasteiger partial charge < -0.3 is 15.6 Å². The van der Waals surface area contributed by atoms with Gasteiger partial charge in [0, 0.05) is 63.6 Å². The van der Waals surface area contributed by atoms with Crippen molar-refractivity contribution in [1.29, 1.82) is 0 Å². The van der Waals surface area contributed by atoms with Crippen LogP contribution in [0.25, 0.3) is 11.0 Å². The minimum Gasteiger partial charge on any atom is -0.324 e. The molecule has 3 aliphatic rings. The number of aryl methyl sites for hydroxylation is 1. The van der Waals surface area contributed by atoms with Crippen LogP contribution in [0, 0.1) is 12.8 Å². The molecule has 0 spiro atoms. The molecular formula is C26H34N8. The summed E-state index contributed by atoms with van der Waals surface area (Å²) in [7, 11) is 0. The van der Waals surface area contributed by atoms with Crippen LogP contribution in [-0.4, -0.2) is 70.3 Å². The SMILES string of the molecule is Cc1cc(C2C=NN(CC3CC3)C2)cc2[nH]c(Nc3cc(C(C)N4CCNCC4)ccn3)nc12. The highest BCUT2D eigenvalue weighted by atomic mass is 15.5. The van der Waals surface area contributed by atoms with Crippen molar-refractivity contribution in [2.75, 3.05) is 44.6 Å². The number of aromatic amines is 1. The zero-order valence-electron chi connectivity index (χ0n) is 20.1. The van der Waals surface area contributed by atoms with Crippen LogP contribution < -0.4 is 10.6 Å². The van der Waals surface area contributed by atoms with Gasteiger partial charge in [0.05, 0.1) is 11.0 Å². The van der Waals surface area contributed by atoms with Gasteiger partial charge in [0.1, 0.15) is 5.82 Å². The number of fused-ring (bicyclic) bond motifs is 1. The number of aromatic nitrogens is 3. The van der Waals surface area contributed by atoms with E-state index in [1.54, 1.807) is 0 Å². The fraction of sp³-hybridized carbons (Fsp3) is 0.500. The molecule has 1 saturated heterocycles. The van der Waals surface area contributed by atoms with Crippen LogP contribution in [0.1, 0.15) is 48.4 Å². The van der Waals surface area contributed by atoms with E-state index in [1.807, 2.05) is 6.20 Å². The Labute approximate surface area is 200 Å². The van der Waals surface area contributed by atoms with E-state index in [2.05, 4.69) is 79.9 Å². The third-order valence-corrected chi connectivity index (χ3v) is 7.42. The Balaban J connectivity index is 1.18. The van der Waals surface area contributed by atoms with E-state index in [9.17, 15) is 0 Å². The van der Waals surface area contributed by atoms with Crippen molar-refractivity contribution in [1.82, 2.24) is 30.2 Å². The molecule has 1 aliphatic carbocycles. The Morgan fingerprint density at radius 2 is 2.03 bits per heavy atom. The molecule has 0 radical (unpaired) electrons. The highest BCUT2D eigenvalue weighted by molar-refractivity contribution is 5.84. The zero-order chi connectivity index (χ0) is 23.1. The Hall–Kier alpha value is -2.97. The fourth-order valence-electron chi connectivity index (χ4n) is 5.18. The maximum absolute atomic E-state index is 4.83. The molecule has 2 aliphatic heterocycles. The lowest BCUT2D eigenvalue weighted by molar-refractivity contribution is 0.185. The number of benzene rings is 1. The minimum absolute atomic E-state index is 0.339. The van der Waals surface area contributed by atoms with Crippen molar-refractivity contribution >= 4 is 29.0 Å². The summed E-state index contributed by atoms with van der Waals surface area (Å²) in [6, 6.07) is 9.11. The summed E-state index contributed by atoms with van der Waals surface area (Å²) in [6.45, 7) is 10.7. The number of imidazole rings is 1. The maximum Gasteiger partial charge on any atom is 0.206 e. The molecule has 6 rings (SSSR count). The average Bonchev–Trinajstić information content (AvgIpc) is 3.37. The van der Waals surface area contributed by atoms with E-state index in [4.69, 9.17) is 4.98 Å². The van der Waals surface area contributed by atoms with Gasteiger partial charge in [0.15, 0.2) is 0 Å². The van der Waals surface area contributed by atoms with Gasteiger partial charge in [-0.2, -0.15) is 5.10 Å². The van der Waals surface area contributed by atoms with E-state index in [1.165, 1.54) is 29.5 Å². The van der Waals surface area contributed by atoms with Gasteiger partial charge >= 0.3 is 0 Å². The van der Waals surface area contributed by atoms with Gasteiger partial charge in [-0.25, -0.2) is 9.97 Å². The molecule has 2 aromatic heterocycles. The molecule has 8 nitrogen and oxygen atoms in total. The first-order valence-corrected chi connectivity index (χ1v) is 12.6. The molecule has 4 heterocycles. The number of nitrogens with zero attached hydrogens (tertiary/aromatic N) is 5. The molecule has 3 N–H and O–H groups in total. The number of hydrogen-bond acceptors (Lipinski definition) is 7. The van der Waals surface area contributed by atoms with Gasteiger partial charge in [-0.05, 0) is 67.5 Å². The van der Waals surface area contributed by atoms with E-state index in [0.29, 0.717) is 12.0 Å². The molecule has 178 valence electrons. The molecule has 0 amide bonds. The van der Waals surface area contributed by atoms with E-state index in [-0.39, 0.29) is 0 Å². The lowest BCUT2D eigenvalue weighted by Gasteiger charge is -2.33. The fourth-order valence-corrected chi connectivity index (χ4v) is 5.18. The zero-order valence-corrected chi connectivity index (χ0v) is 20.1. The number of H-pyrrole nitrogens is 1. The first-order chi connectivity index (χ1) is 16.6. The Kier molecular flexibility index (Phi) is 5.71. The summed E-state index contributed by atoms with van der Waals surface area (Å²) in [5, 5.41) is 13.7. The molecule has 1 aromatic carbocycles. The van der Waals surface area contributed by atoms with Crippen LogP contribution in [0.5, 0.6) is 0 Å². The van der Waals surface area contributed by atoms with Gasteiger partial charge in [0.2, 0.25) is 5.95 Å². The molecule has 3 aromatic rings. The van der Waals surface area contributed by atoms with Gasteiger partial charge in [-0.1, -0.05) is 6.07 Å². The van der Waals surface area contributed by atoms with Crippen LogP contribution in [0.4, 0.5) is 11.8 Å². The maximum atomic E-state index is 4.83. The van der Waals surface area contributed by atoms with Crippen LogP contribution in [-0.2, 0) is 0 Å². The second kappa shape index (κ2) is 9.00. The molecule has 2 fully saturated rings. The lowest BCUT2D eigenvalue weighted by atomic mass is 9.98. The first kappa shape index (κ1) is 21.6. The number of pyridine rings is 1. The van der Waals surface area contributed by atoms with Crippen molar-refractivity contribution in [3.63, 3.8) is 0 Å². The predicted octanol–water partition coefficient (Wildman–Crippen LogP) is 3.77. The summed E-state index contributed by atoms with van der Waals surface area (Å²) < 4.78 is 0. The average molecular weight is 459 g/mol. The molecule has 8 heteroatoms. The first-order valence-electron chi connectivity index (χ1n) is 12.6. The second-order valence-electron chi connectivity index (χ2n) is 10.1. The van der Waals surface area contributed by atoms with Crippen LogP contribution in [0.2, 0.25) is 0 Å². The minimum atomic E-state index is 0.339. The molecule has 1 saturated carbocycles. The molecule has 0 bridgehead atoms. The monoisotopic (exact) mass is 458 g/mol. The van der Waals surface area contributed by atoms with Crippen molar-refractivity contribution in [2.24, 2.45) is 11.0 Å². The van der Waals surface area contributed by atoms with Gasteiger partial charge in [0.25, 0.3) is 0 Å². The molecule has 34 heavy (non-hydrogen) atoms. The van der Waals surface area contributed by atoms with Gasteiger partial charge in [-0.15, -0.1) is 0 Å². The van der Waals surface area contributed by atoms with Crippen molar-refractivity contribution in [3.8, 4) is 0 Å². The largest absolute Gasteiger partial charge is 0.324 e. The Morgan fingerprint density at radius 1 is 1.18 bits per heavy atom. The Bertz CT molecular complexity index is 1190. The van der Waals surface area contributed by atoms with Crippen LogP contribution >= 0.6 is 0 Å². The summed E-state index contributed by atoms with van der Waals surface area (Å²) in [5.41, 5.74) is 5.80. The lowest BCUT2D eigenvalue weighted by Crippen LogP contribution is -2.44. The number of hydrazone groups is 1. The van der Waals surface area contributed by atoms with E-state index >= 15 is 0 Å². The second-order valence-corrected chi connectivity index (χ2v) is 10.1. The number of rotatable bonds is 7. The number of anilines is 2. The van der Waals surface area contributed by atoms with Crippen molar-refractivity contribution < 1.29 is 0 Å². The third kappa shape index (κ3) is 4.52. The standard InChI is InChI=1S/C26H34N8/c1-17-11-21(22-14-29-34(16-22)15-19-3-4-19)12-23-25(17)32-26(30-23)31-24-13-20(5-6-28-24)18(2)33-9-7-27-8-10-33/h5-6,11-14,18-19,22,27H,3-4,7-10,15-16H2,1-2H3,(H2,28,30,31,32). The number of piperazine rings is 1. The summed E-state index contributed by atoms with van der Waals surface area (Å²) >= 11 is 0. The topological polar surface area (TPSA) is 84.5 Å². The smallest absolute Gasteiger partial charge is 0.206 e. The summed E-state index contributed by atoms with van der Waals surface area (Å²) in [6.07, 6.45) is 6.71. The summed E-state index contributed by atoms with van der Waals surface area (Å²) in [5.74, 6) is 2.74. The van der Waals surface area contributed by atoms with Gasteiger partial charge in [-0.3, -0.25) is 9.91 Å². The number of nitrogens with one attached hydrogen (secondary N) is 3. The molecule has 2 unspecified atom stereocenters. The highest BCUT2D eigenvalue weighted by Crippen LogP contribution is 2.33. The Morgan fingerprint density at radius 3 is 2.85 bits per heavy atom. The van der Waals surface area contributed by atoms with Crippen molar-refractivity contribution in [2.45, 2.75) is 38.6 Å². The normalized spacial score (nSPS) is 21.9. The van der Waals surface area contributed by atoms with E-state index < -0.39 is 0 Å². The number of hydrogen-bond donors (Lipinski definition) is 3. The molecular weight excluding hydrogens is 424 g/mol. The van der Waals surface area contributed by atoms with Crippen LogP contribution in [0.3, 0.4) is 0 Å². The van der Waals surface area contributed by atoms with Crippen LogP contribution in [0.15, 0.2) is 35.6 Å². The molecule has 2 atom stereocenters. The summed E-state index contributed by atoms with van der Waals surface area (Å²) in [4.78, 5) is 15.4. The van der Waals surface area contributed by atoms with E-state index in [0.717, 1.165) is 68.0 Å². The third-order valence-electron chi connectivity index (χ3n) is 7.42.